The van der Waals surface area contributed by atoms with E-state index in [1.165, 1.54) is 0 Å². The van der Waals surface area contributed by atoms with Gasteiger partial charge in [0.25, 0.3) is 0 Å². The number of aryl methyl sites for hydroxylation is 2. The molecule has 0 radical (unpaired) electrons. The Morgan fingerprint density at radius 2 is 1.87 bits per heavy atom. The highest BCUT2D eigenvalue weighted by Gasteiger charge is 2.37. The number of nitrogens with one attached hydrogen (secondary N) is 1. The molecule has 2 aromatic carbocycles. The summed E-state index contributed by atoms with van der Waals surface area (Å²) >= 11 is 0. The molecule has 1 aliphatic heterocycles. The van der Waals surface area contributed by atoms with Crippen LogP contribution in [0.1, 0.15) is 17.5 Å². The molecule has 1 fully saturated rings. The molecule has 1 saturated heterocycles. The number of carbonyl (C=O) groups excluding carboxylic acids is 2. The number of rotatable bonds is 3. The van der Waals surface area contributed by atoms with Crippen molar-refractivity contribution >= 4 is 23.2 Å². The SMILES string of the molecule is Cc1ccc(NC(=O)[C@H]2CCN(c3ccccc3)C2=O)c(C)c1. The smallest absolute Gasteiger partial charge is 0.239 e. The summed E-state index contributed by atoms with van der Waals surface area (Å²) in [5, 5.41) is 2.90. The van der Waals surface area contributed by atoms with Crippen LogP contribution in [0.2, 0.25) is 0 Å². The minimum absolute atomic E-state index is 0.126. The van der Waals surface area contributed by atoms with E-state index in [-0.39, 0.29) is 11.8 Å². The van der Waals surface area contributed by atoms with Gasteiger partial charge in [-0.1, -0.05) is 35.9 Å². The number of amides is 2. The van der Waals surface area contributed by atoms with Crippen molar-refractivity contribution in [2.45, 2.75) is 20.3 Å². The van der Waals surface area contributed by atoms with E-state index < -0.39 is 5.92 Å². The maximum atomic E-state index is 12.5. The van der Waals surface area contributed by atoms with Crippen molar-refractivity contribution in [3.05, 3.63) is 59.7 Å². The molecule has 1 heterocycles. The normalized spacial score (nSPS) is 17.4. The van der Waals surface area contributed by atoms with Gasteiger partial charge in [-0.2, -0.15) is 0 Å². The lowest BCUT2D eigenvalue weighted by Crippen LogP contribution is -2.33. The molecule has 0 aliphatic carbocycles. The molecule has 3 rings (SSSR count). The maximum Gasteiger partial charge on any atom is 0.239 e. The molecule has 0 saturated carbocycles. The van der Waals surface area contributed by atoms with E-state index in [0.29, 0.717) is 13.0 Å². The Balaban J connectivity index is 1.72. The van der Waals surface area contributed by atoms with E-state index in [2.05, 4.69) is 5.32 Å². The topological polar surface area (TPSA) is 49.4 Å². The fraction of sp³-hybridized carbons (Fsp3) is 0.263. The lowest BCUT2D eigenvalue weighted by Gasteiger charge is -2.17. The molecule has 1 aliphatic rings. The van der Waals surface area contributed by atoms with E-state index >= 15 is 0 Å². The molecule has 0 aromatic heterocycles. The van der Waals surface area contributed by atoms with Gasteiger partial charge in [0.1, 0.15) is 5.92 Å². The van der Waals surface area contributed by atoms with Gasteiger partial charge in [-0.25, -0.2) is 0 Å². The molecule has 2 aromatic rings. The van der Waals surface area contributed by atoms with Crippen LogP contribution in [0.3, 0.4) is 0 Å². The third-order valence-corrected chi connectivity index (χ3v) is 4.23. The average molecular weight is 308 g/mol. The Bertz CT molecular complexity index is 740. The van der Waals surface area contributed by atoms with Crippen molar-refractivity contribution in [2.75, 3.05) is 16.8 Å². The molecule has 0 unspecified atom stereocenters. The lowest BCUT2D eigenvalue weighted by atomic mass is 10.1. The van der Waals surface area contributed by atoms with Crippen molar-refractivity contribution in [1.29, 1.82) is 0 Å². The zero-order chi connectivity index (χ0) is 16.4. The molecule has 23 heavy (non-hydrogen) atoms. The lowest BCUT2D eigenvalue weighted by molar-refractivity contribution is -0.129. The summed E-state index contributed by atoms with van der Waals surface area (Å²) in [6.07, 6.45) is 0.546. The molecule has 118 valence electrons. The zero-order valence-electron chi connectivity index (χ0n) is 13.4. The summed E-state index contributed by atoms with van der Waals surface area (Å²) in [5.41, 5.74) is 3.77. The van der Waals surface area contributed by atoms with Gasteiger partial charge in [0.15, 0.2) is 0 Å². The van der Waals surface area contributed by atoms with Crippen LogP contribution in [0.25, 0.3) is 0 Å². The highest BCUT2D eigenvalue weighted by molar-refractivity contribution is 6.13. The molecular formula is C19H20N2O2. The Morgan fingerprint density at radius 3 is 2.57 bits per heavy atom. The van der Waals surface area contributed by atoms with Gasteiger partial charge in [0.2, 0.25) is 11.8 Å². The Morgan fingerprint density at radius 1 is 1.13 bits per heavy atom. The first-order valence-corrected chi connectivity index (χ1v) is 7.81. The maximum absolute atomic E-state index is 12.5. The first-order valence-electron chi connectivity index (χ1n) is 7.81. The molecule has 0 bridgehead atoms. The quantitative estimate of drug-likeness (QED) is 0.885. The predicted octanol–water partition coefficient (Wildman–Crippen LogP) is 3.30. The summed E-state index contributed by atoms with van der Waals surface area (Å²) in [6.45, 7) is 4.54. The van der Waals surface area contributed by atoms with Gasteiger partial charge in [-0.05, 0) is 44.0 Å². The largest absolute Gasteiger partial charge is 0.325 e. The third kappa shape index (κ3) is 3.11. The fourth-order valence-electron chi connectivity index (χ4n) is 2.96. The van der Waals surface area contributed by atoms with Crippen LogP contribution in [-0.2, 0) is 9.59 Å². The van der Waals surface area contributed by atoms with Crippen molar-refractivity contribution in [1.82, 2.24) is 0 Å². The summed E-state index contributed by atoms with van der Waals surface area (Å²) < 4.78 is 0. The van der Waals surface area contributed by atoms with Gasteiger partial charge in [-0.3, -0.25) is 9.59 Å². The van der Waals surface area contributed by atoms with Gasteiger partial charge >= 0.3 is 0 Å². The first-order chi connectivity index (χ1) is 11.1. The minimum Gasteiger partial charge on any atom is -0.325 e. The second-order valence-electron chi connectivity index (χ2n) is 5.97. The number of carbonyl (C=O) groups is 2. The van der Waals surface area contributed by atoms with Crippen molar-refractivity contribution in [3.63, 3.8) is 0 Å². The van der Waals surface area contributed by atoms with Gasteiger partial charge in [-0.15, -0.1) is 0 Å². The van der Waals surface area contributed by atoms with Crippen molar-refractivity contribution in [3.8, 4) is 0 Å². The number of hydrogen-bond donors (Lipinski definition) is 1. The molecule has 4 nitrogen and oxygen atoms in total. The summed E-state index contributed by atoms with van der Waals surface area (Å²) in [7, 11) is 0. The first kappa shape index (κ1) is 15.3. The summed E-state index contributed by atoms with van der Waals surface area (Å²) in [5.74, 6) is -0.963. The van der Waals surface area contributed by atoms with E-state index in [4.69, 9.17) is 0 Å². The molecular weight excluding hydrogens is 288 g/mol. The second kappa shape index (κ2) is 6.24. The highest BCUT2D eigenvalue weighted by atomic mass is 16.2. The molecule has 1 N–H and O–H groups in total. The number of benzene rings is 2. The average Bonchev–Trinajstić information content (AvgIpc) is 2.92. The van der Waals surface area contributed by atoms with E-state index in [0.717, 1.165) is 22.5 Å². The molecule has 2 amide bonds. The molecule has 0 spiro atoms. The van der Waals surface area contributed by atoms with E-state index in [1.54, 1.807) is 4.90 Å². The third-order valence-electron chi connectivity index (χ3n) is 4.23. The van der Waals surface area contributed by atoms with Crippen molar-refractivity contribution < 1.29 is 9.59 Å². The van der Waals surface area contributed by atoms with E-state index in [1.807, 2.05) is 62.4 Å². The number of hydrogen-bond acceptors (Lipinski definition) is 2. The molecule has 1 atom stereocenters. The van der Waals surface area contributed by atoms with Crippen LogP contribution in [0.5, 0.6) is 0 Å². The second-order valence-corrected chi connectivity index (χ2v) is 5.97. The Kier molecular flexibility index (Phi) is 4.15. The van der Waals surface area contributed by atoms with Crippen LogP contribution >= 0.6 is 0 Å². The van der Waals surface area contributed by atoms with E-state index in [9.17, 15) is 9.59 Å². The summed E-state index contributed by atoms with van der Waals surface area (Å²) in [6, 6.07) is 15.3. The monoisotopic (exact) mass is 308 g/mol. The standard InChI is InChI=1S/C19H20N2O2/c1-13-8-9-17(14(2)12-13)20-18(22)16-10-11-21(19(16)23)15-6-4-3-5-7-15/h3-9,12,16H,10-11H2,1-2H3,(H,20,22)/t16-/m1/s1. The van der Waals surface area contributed by atoms with Gasteiger partial charge in [0, 0.05) is 17.9 Å². The fourth-order valence-corrected chi connectivity index (χ4v) is 2.96. The summed E-state index contributed by atoms with van der Waals surface area (Å²) in [4.78, 5) is 26.7. The van der Waals surface area contributed by atoms with Crippen LogP contribution in [-0.4, -0.2) is 18.4 Å². The number of anilines is 2. The van der Waals surface area contributed by atoms with Crippen LogP contribution in [0.4, 0.5) is 11.4 Å². The Hall–Kier alpha value is -2.62. The highest BCUT2D eigenvalue weighted by Crippen LogP contribution is 2.26. The van der Waals surface area contributed by atoms with Crippen LogP contribution in [0, 0.1) is 19.8 Å². The van der Waals surface area contributed by atoms with Gasteiger partial charge in [0.05, 0.1) is 0 Å². The van der Waals surface area contributed by atoms with Crippen LogP contribution in [0.15, 0.2) is 48.5 Å². The van der Waals surface area contributed by atoms with Crippen LogP contribution < -0.4 is 10.2 Å². The minimum atomic E-state index is -0.615. The Labute approximate surface area is 136 Å². The zero-order valence-corrected chi connectivity index (χ0v) is 13.4. The van der Waals surface area contributed by atoms with Crippen molar-refractivity contribution in [2.24, 2.45) is 5.92 Å². The number of nitrogens with zero attached hydrogens (tertiary/aromatic N) is 1. The molecule has 4 heteroatoms. The predicted molar refractivity (Wildman–Crippen MR) is 91.4 cm³/mol. The van der Waals surface area contributed by atoms with Gasteiger partial charge < -0.3 is 10.2 Å². The number of para-hydroxylation sites is 1.